The summed E-state index contributed by atoms with van der Waals surface area (Å²) in [6.07, 6.45) is 1.51. The van der Waals surface area contributed by atoms with Crippen LogP contribution in [0.5, 0.6) is 0 Å². The Morgan fingerprint density at radius 2 is 2.21 bits per heavy atom. The van der Waals surface area contributed by atoms with Crippen molar-refractivity contribution in [3.8, 4) is 0 Å². The average molecular weight is 266 g/mol. The van der Waals surface area contributed by atoms with Gasteiger partial charge in [-0.25, -0.2) is 0 Å². The summed E-state index contributed by atoms with van der Waals surface area (Å²) in [6.45, 7) is 6.32. The van der Waals surface area contributed by atoms with E-state index in [1.165, 1.54) is 0 Å². The van der Waals surface area contributed by atoms with Crippen LogP contribution >= 0.6 is 0 Å². The van der Waals surface area contributed by atoms with E-state index in [2.05, 4.69) is 10.2 Å². The molecule has 5 nitrogen and oxygen atoms in total. The molecule has 1 saturated heterocycles. The molecule has 0 atom stereocenters. The molecule has 1 aliphatic heterocycles. The van der Waals surface area contributed by atoms with Gasteiger partial charge in [0, 0.05) is 32.7 Å². The van der Waals surface area contributed by atoms with Crippen LogP contribution in [0.25, 0.3) is 0 Å². The minimum Gasteiger partial charge on any atom is -0.465 e. The van der Waals surface area contributed by atoms with Crippen molar-refractivity contribution in [3.63, 3.8) is 0 Å². The van der Waals surface area contributed by atoms with Crippen LogP contribution in [0.3, 0.4) is 0 Å². The molecule has 1 amide bonds. The van der Waals surface area contributed by atoms with E-state index in [4.69, 9.17) is 9.15 Å². The summed E-state index contributed by atoms with van der Waals surface area (Å²) < 4.78 is 11.0. The number of hydrogen-bond acceptors (Lipinski definition) is 4. The fourth-order valence-corrected chi connectivity index (χ4v) is 2.16. The van der Waals surface area contributed by atoms with Crippen molar-refractivity contribution in [2.75, 3.05) is 32.8 Å². The summed E-state index contributed by atoms with van der Waals surface area (Å²) >= 11 is 0. The van der Waals surface area contributed by atoms with Gasteiger partial charge in [0.15, 0.2) is 0 Å². The first-order valence-electron chi connectivity index (χ1n) is 6.86. The van der Waals surface area contributed by atoms with Crippen LogP contribution in [0, 0.1) is 6.92 Å². The molecule has 0 saturated carbocycles. The predicted octanol–water partition coefficient (Wildman–Crippen LogP) is 1.32. The van der Waals surface area contributed by atoms with Gasteiger partial charge in [0.1, 0.15) is 11.5 Å². The molecule has 1 aromatic rings. The van der Waals surface area contributed by atoms with Crippen LogP contribution < -0.4 is 5.32 Å². The Kier molecular flexibility index (Phi) is 5.42. The third-order valence-corrected chi connectivity index (χ3v) is 3.16. The molecular weight excluding hydrogens is 244 g/mol. The summed E-state index contributed by atoms with van der Waals surface area (Å²) in [5, 5.41) is 2.85. The number of nitrogens with one attached hydrogen (secondary N) is 1. The second kappa shape index (κ2) is 7.31. The Bertz CT molecular complexity index is 403. The summed E-state index contributed by atoms with van der Waals surface area (Å²) in [5.74, 6) is 1.97. The number of rotatable bonds is 2. The number of amides is 1. The van der Waals surface area contributed by atoms with Crippen LogP contribution in [0.15, 0.2) is 16.5 Å². The van der Waals surface area contributed by atoms with E-state index in [1.54, 1.807) is 0 Å². The molecule has 1 fully saturated rings. The van der Waals surface area contributed by atoms with Gasteiger partial charge in [-0.15, -0.1) is 0 Å². The third kappa shape index (κ3) is 5.04. The van der Waals surface area contributed by atoms with Crippen LogP contribution in [0.2, 0.25) is 0 Å². The maximum Gasteiger partial charge on any atom is 0.221 e. The second-order valence-corrected chi connectivity index (χ2v) is 4.85. The zero-order valence-corrected chi connectivity index (χ0v) is 11.5. The number of nitrogens with zero attached hydrogens (tertiary/aromatic N) is 1. The van der Waals surface area contributed by atoms with E-state index in [9.17, 15) is 4.79 Å². The van der Waals surface area contributed by atoms with Crippen molar-refractivity contribution in [3.05, 3.63) is 23.7 Å². The zero-order chi connectivity index (χ0) is 13.5. The second-order valence-electron chi connectivity index (χ2n) is 4.85. The van der Waals surface area contributed by atoms with Crippen molar-refractivity contribution in [1.29, 1.82) is 0 Å². The Morgan fingerprint density at radius 1 is 1.32 bits per heavy atom. The van der Waals surface area contributed by atoms with Gasteiger partial charge in [-0.2, -0.15) is 0 Å². The van der Waals surface area contributed by atoms with Crippen molar-refractivity contribution in [1.82, 2.24) is 10.2 Å². The molecule has 1 aromatic heterocycles. The molecule has 0 aliphatic carbocycles. The fraction of sp³-hybridized carbons (Fsp3) is 0.643. The lowest BCUT2D eigenvalue weighted by molar-refractivity contribution is -0.121. The Balaban J connectivity index is 1.89. The predicted molar refractivity (Wildman–Crippen MR) is 71.8 cm³/mol. The number of hydrogen-bond donors (Lipinski definition) is 1. The quantitative estimate of drug-likeness (QED) is 0.877. The molecule has 0 unspecified atom stereocenters. The van der Waals surface area contributed by atoms with Crippen molar-refractivity contribution in [2.45, 2.75) is 26.3 Å². The highest BCUT2D eigenvalue weighted by Crippen LogP contribution is 2.10. The summed E-state index contributed by atoms with van der Waals surface area (Å²) in [7, 11) is 0. The zero-order valence-electron chi connectivity index (χ0n) is 11.5. The maximum absolute atomic E-state index is 11.6. The van der Waals surface area contributed by atoms with Gasteiger partial charge >= 0.3 is 0 Å². The van der Waals surface area contributed by atoms with Gasteiger partial charge in [0.25, 0.3) is 0 Å². The molecule has 5 heteroatoms. The summed E-state index contributed by atoms with van der Waals surface area (Å²) in [6, 6.07) is 3.97. The summed E-state index contributed by atoms with van der Waals surface area (Å²) in [4.78, 5) is 13.8. The van der Waals surface area contributed by atoms with Crippen LogP contribution in [0.1, 0.15) is 24.4 Å². The van der Waals surface area contributed by atoms with Crippen molar-refractivity contribution >= 4 is 5.91 Å². The van der Waals surface area contributed by atoms with E-state index >= 15 is 0 Å². The van der Waals surface area contributed by atoms with Gasteiger partial charge in [-0.05, 0) is 25.5 Å². The number of carbonyl (C=O) groups is 1. The average Bonchev–Trinajstić information content (AvgIpc) is 2.77. The first-order chi connectivity index (χ1) is 9.24. The summed E-state index contributed by atoms with van der Waals surface area (Å²) in [5.41, 5.74) is 0. The minimum absolute atomic E-state index is 0.0890. The fourth-order valence-electron chi connectivity index (χ4n) is 2.16. The highest BCUT2D eigenvalue weighted by atomic mass is 16.5. The maximum atomic E-state index is 11.6. The van der Waals surface area contributed by atoms with E-state index < -0.39 is 0 Å². The molecule has 0 bridgehead atoms. The van der Waals surface area contributed by atoms with E-state index in [0.29, 0.717) is 19.6 Å². The lowest BCUT2D eigenvalue weighted by atomic mass is 10.3. The van der Waals surface area contributed by atoms with E-state index in [0.717, 1.165) is 44.2 Å². The smallest absolute Gasteiger partial charge is 0.221 e. The lowest BCUT2D eigenvalue weighted by Gasteiger charge is -2.20. The number of furan rings is 1. The molecule has 1 N–H and O–H groups in total. The SMILES string of the molecule is Cc1ccc(CN2CCCOCCNC(=O)CC2)o1. The molecular formula is C14H22N2O3. The van der Waals surface area contributed by atoms with E-state index in [-0.39, 0.29) is 5.91 Å². The number of aryl methyl sites for hydroxylation is 1. The molecule has 2 heterocycles. The van der Waals surface area contributed by atoms with Crippen LogP contribution in [-0.2, 0) is 16.1 Å². The van der Waals surface area contributed by atoms with Crippen molar-refractivity contribution in [2.24, 2.45) is 0 Å². The highest BCUT2D eigenvalue weighted by molar-refractivity contribution is 5.76. The molecule has 0 spiro atoms. The first-order valence-corrected chi connectivity index (χ1v) is 6.86. The van der Waals surface area contributed by atoms with Crippen LogP contribution in [-0.4, -0.2) is 43.7 Å². The van der Waals surface area contributed by atoms with E-state index in [1.807, 2.05) is 19.1 Å². The molecule has 106 valence electrons. The molecule has 0 aromatic carbocycles. The Labute approximate surface area is 113 Å². The molecule has 1 aliphatic rings. The minimum atomic E-state index is 0.0890. The first kappa shape index (κ1) is 14.1. The Hall–Kier alpha value is -1.33. The molecule has 19 heavy (non-hydrogen) atoms. The topological polar surface area (TPSA) is 54.7 Å². The molecule has 2 rings (SSSR count). The normalized spacial score (nSPS) is 19.7. The van der Waals surface area contributed by atoms with Gasteiger partial charge in [0.05, 0.1) is 13.2 Å². The third-order valence-electron chi connectivity index (χ3n) is 3.16. The largest absolute Gasteiger partial charge is 0.465 e. The lowest BCUT2D eigenvalue weighted by Crippen LogP contribution is -2.31. The standard InChI is InChI=1S/C14H22N2O3/c1-12-3-4-13(19-12)11-16-7-2-9-18-10-6-15-14(17)5-8-16/h3-4H,2,5-11H2,1H3,(H,15,17). The molecule has 0 radical (unpaired) electrons. The van der Waals surface area contributed by atoms with Gasteiger partial charge in [-0.1, -0.05) is 0 Å². The van der Waals surface area contributed by atoms with Gasteiger partial charge in [0.2, 0.25) is 5.91 Å². The number of ether oxygens (including phenoxy) is 1. The highest BCUT2D eigenvalue weighted by Gasteiger charge is 2.12. The van der Waals surface area contributed by atoms with Gasteiger partial charge < -0.3 is 14.5 Å². The van der Waals surface area contributed by atoms with Crippen molar-refractivity contribution < 1.29 is 13.9 Å². The van der Waals surface area contributed by atoms with Crippen LogP contribution in [0.4, 0.5) is 0 Å². The monoisotopic (exact) mass is 266 g/mol. The Morgan fingerprint density at radius 3 is 3.00 bits per heavy atom. The van der Waals surface area contributed by atoms with Gasteiger partial charge in [-0.3, -0.25) is 9.69 Å². The number of carbonyl (C=O) groups excluding carboxylic acids is 1.